The number of hydrogen-bond donors (Lipinski definition) is 0. The van der Waals surface area contributed by atoms with Crippen LogP contribution in [-0.2, 0) is 4.79 Å². The largest absolute Gasteiger partial charge is 0.353 e. The fourth-order valence-corrected chi connectivity index (χ4v) is 3.53. The number of aromatic nitrogens is 1. The van der Waals surface area contributed by atoms with Crippen LogP contribution in [0.3, 0.4) is 0 Å². The second kappa shape index (κ2) is 6.82. The average Bonchev–Trinajstić information content (AvgIpc) is 2.55. The van der Waals surface area contributed by atoms with Crippen LogP contribution < -0.4 is 4.90 Å². The van der Waals surface area contributed by atoms with Crippen LogP contribution in [0, 0.1) is 11.7 Å². The normalized spacial score (nSPS) is 22.7. The van der Waals surface area contributed by atoms with E-state index in [-0.39, 0.29) is 11.8 Å². The van der Waals surface area contributed by atoms with E-state index in [1.807, 2.05) is 9.80 Å². The molecule has 2 aliphatic heterocycles. The van der Waals surface area contributed by atoms with E-state index in [9.17, 15) is 9.18 Å². The monoisotopic (exact) mass is 325 g/mol. The van der Waals surface area contributed by atoms with Crippen LogP contribution in [0.2, 0.25) is 5.02 Å². The number of pyridine rings is 1. The van der Waals surface area contributed by atoms with E-state index < -0.39 is 5.82 Å². The van der Waals surface area contributed by atoms with Crippen molar-refractivity contribution in [2.75, 3.05) is 31.1 Å². The quantitative estimate of drug-likeness (QED) is 0.838. The van der Waals surface area contributed by atoms with Gasteiger partial charge in [0.1, 0.15) is 0 Å². The van der Waals surface area contributed by atoms with Gasteiger partial charge in [0.15, 0.2) is 11.6 Å². The third-order valence-electron chi connectivity index (χ3n) is 4.53. The molecule has 1 atom stereocenters. The molecule has 22 heavy (non-hydrogen) atoms. The first kappa shape index (κ1) is 15.5. The molecule has 4 nitrogen and oxygen atoms in total. The molecule has 1 amide bonds. The van der Waals surface area contributed by atoms with E-state index in [4.69, 9.17) is 11.6 Å². The highest BCUT2D eigenvalue weighted by Crippen LogP contribution is 2.27. The second-order valence-electron chi connectivity index (χ2n) is 6.13. The van der Waals surface area contributed by atoms with Crippen molar-refractivity contribution in [2.24, 2.45) is 5.92 Å². The first-order valence-electron chi connectivity index (χ1n) is 8.00. The Morgan fingerprint density at radius 1 is 1.23 bits per heavy atom. The van der Waals surface area contributed by atoms with Crippen molar-refractivity contribution in [3.05, 3.63) is 23.1 Å². The number of anilines is 1. The molecule has 0 aromatic carbocycles. The number of halogens is 2. The van der Waals surface area contributed by atoms with E-state index in [2.05, 4.69) is 4.98 Å². The Labute approximate surface area is 135 Å². The van der Waals surface area contributed by atoms with Gasteiger partial charge in [0.25, 0.3) is 0 Å². The molecule has 2 saturated heterocycles. The highest BCUT2D eigenvalue weighted by Gasteiger charge is 2.31. The summed E-state index contributed by atoms with van der Waals surface area (Å²) in [7, 11) is 0. The van der Waals surface area contributed by atoms with Crippen molar-refractivity contribution in [1.29, 1.82) is 0 Å². The lowest BCUT2D eigenvalue weighted by molar-refractivity contribution is -0.136. The minimum Gasteiger partial charge on any atom is -0.353 e. The van der Waals surface area contributed by atoms with E-state index in [0.717, 1.165) is 45.3 Å². The van der Waals surface area contributed by atoms with Gasteiger partial charge in [-0.2, -0.15) is 0 Å². The summed E-state index contributed by atoms with van der Waals surface area (Å²) < 4.78 is 14.0. The lowest BCUT2D eigenvalue weighted by Crippen LogP contribution is -2.46. The highest BCUT2D eigenvalue weighted by atomic mass is 35.5. The number of piperidine rings is 2. The van der Waals surface area contributed by atoms with Crippen LogP contribution in [0.25, 0.3) is 0 Å². The predicted octanol–water partition coefficient (Wildman–Crippen LogP) is 3.10. The van der Waals surface area contributed by atoms with Crippen LogP contribution in [0.5, 0.6) is 0 Å². The Hall–Kier alpha value is -1.36. The van der Waals surface area contributed by atoms with Gasteiger partial charge >= 0.3 is 0 Å². The average molecular weight is 326 g/mol. The Bertz CT molecular complexity index is 548. The molecule has 6 heteroatoms. The Morgan fingerprint density at radius 2 is 2.00 bits per heavy atom. The summed E-state index contributed by atoms with van der Waals surface area (Å²) >= 11 is 5.75. The second-order valence-corrected chi connectivity index (χ2v) is 6.57. The van der Waals surface area contributed by atoms with Gasteiger partial charge in [-0.15, -0.1) is 0 Å². The van der Waals surface area contributed by atoms with Gasteiger partial charge in [-0.05, 0) is 38.2 Å². The van der Waals surface area contributed by atoms with Gasteiger partial charge in [0.2, 0.25) is 5.91 Å². The zero-order valence-electron chi connectivity index (χ0n) is 12.6. The molecule has 0 bridgehead atoms. The van der Waals surface area contributed by atoms with Crippen molar-refractivity contribution >= 4 is 23.3 Å². The topological polar surface area (TPSA) is 36.4 Å². The molecule has 120 valence electrons. The zero-order valence-corrected chi connectivity index (χ0v) is 13.4. The van der Waals surface area contributed by atoms with Crippen LogP contribution in [0.4, 0.5) is 10.2 Å². The third-order valence-corrected chi connectivity index (χ3v) is 4.73. The lowest BCUT2D eigenvalue weighted by atomic mass is 9.95. The van der Waals surface area contributed by atoms with Crippen molar-refractivity contribution in [2.45, 2.75) is 32.1 Å². The molecule has 1 aromatic rings. The molecule has 2 fully saturated rings. The number of hydrogen-bond acceptors (Lipinski definition) is 3. The lowest BCUT2D eigenvalue weighted by Gasteiger charge is -2.36. The molecule has 0 N–H and O–H groups in total. The molecular formula is C16H21ClFN3O. The molecule has 2 aliphatic rings. The van der Waals surface area contributed by atoms with Crippen molar-refractivity contribution in [3.8, 4) is 0 Å². The van der Waals surface area contributed by atoms with E-state index in [1.54, 1.807) is 0 Å². The van der Waals surface area contributed by atoms with Gasteiger partial charge < -0.3 is 9.80 Å². The minimum absolute atomic E-state index is 0.0521. The SMILES string of the molecule is O=C(C1CCCN(c2ncc(Cl)cc2F)C1)N1CCCCC1. The standard InChI is InChI=1S/C16H21ClFN3O/c17-13-9-14(18)15(19-10-13)21-8-4-5-12(11-21)16(22)20-6-2-1-3-7-20/h9-10,12H,1-8,11H2. The van der Waals surface area contributed by atoms with Gasteiger partial charge in [-0.1, -0.05) is 11.6 Å². The third kappa shape index (κ3) is 3.35. The molecule has 3 rings (SSSR count). The van der Waals surface area contributed by atoms with Crippen LogP contribution in [-0.4, -0.2) is 42.0 Å². The smallest absolute Gasteiger partial charge is 0.227 e. The number of likely N-dealkylation sites (tertiary alicyclic amines) is 1. The summed E-state index contributed by atoms with van der Waals surface area (Å²) in [6.07, 6.45) is 6.61. The Morgan fingerprint density at radius 3 is 2.73 bits per heavy atom. The van der Waals surface area contributed by atoms with E-state index in [1.165, 1.54) is 18.7 Å². The van der Waals surface area contributed by atoms with Crippen LogP contribution >= 0.6 is 11.6 Å². The Kier molecular flexibility index (Phi) is 4.81. The molecule has 0 saturated carbocycles. The Balaban J connectivity index is 1.69. The van der Waals surface area contributed by atoms with Gasteiger partial charge in [0.05, 0.1) is 10.9 Å². The molecule has 0 radical (unpaired) electrons. The number of carbonyl (C=O) groups is 1. The molecule has 1 aromatic heterocycles. The van der Waals surface area contributed by atoms with Gasteiger partial charge in [-0.3, -0.25) is 4.79 Å². The molecule has 1 unspecified atom stereocenters. The maximum atomic E-state index is 14.0. The van der Waals surface area contributed by atoms with E-state index in [0.29, 0.717) is 17.4 Å². The fourth-order valence-electron chi connectivity index (χ4n) is 3.38. The van der Waals surface area contributed by atoms with Crippen molar-refractivity contribution < 1.29 is 9.18 Å². The summed E-state index contributed by atoms with van der Waals surface area (Å²) in [4.78, 5) is 20.6. The summed E-state index contributed by atoms with van der Waals surface area (Å²) in [5, 5.41) is 0.291. The number of rotatable bonds is 2. The summed E-state index contributed by atoms with van der Waals surface area (Å²) in [6.45, 7) is 3.00. The highest BCUT2D eigenvalue weighted by molar-refractivity contribution is 6.30. The fraction of sp³-hybridized carbons (Fsp3) is 0.625. The summed E-state index contributed by atoms with van der Waals surface area (Å²) in [5.74, 6) is 0.0571. The van der Waals surface area contributed by atoms with Gasteiger partial charge in [0, 0.05) is 32.4 Å². The van der Waals surface area contributed by atoms with Gasteiger partial charge in [-0.25, -0.2) is 9.37 Å². The van der Waals surface area contributed by atoms with Crippen molar-refractivity contribution in [1.82, 2.24) is 9.88 Å². The zero-order chi connectivity index (χ0) is 15.5. The van der Waals surface area contributed by atoms with Crippen LogP contribution in [0.15, 0.2) is 12.3 Å². The predicted molar refractivity (Wildman–Crippen MR) is 84.6 cm³/mol. The van der Waals surface area contributed by atoms with Crippen LogP contribution in [0.1, 0.15) is 32.1 Å². The molecule has 0 spiro atoms. The first-order chi connectivity index (χ1) is 10.6. The number of nitrogens with zero attached hydrogens (tertiary/aromatic N) is 3. The first-order valence-corrected chi connectivity index (χ1v) is 8.38. The maximum absolute atomic E-state index is 14.0. The van der Waals surface area contributed by atoms with Crippen molar-refractivity contribution in [3.63, 3.8) is 0 Å². The number of carbonyl (C=O) groups excluding carboxylic acids is 1. The van der Waals surface area contributed by atoms with E-state index >= 15 is 0 Å². The minimum atomic E-state index is -0.418. The maximum Gasteiger partial charge on any atom is 0.227 e. The molecular weight excluding hydrogens is 305 g/mol. The summed E-state index contributed by atoms with van der Waals surface area (Å²) in [5.41, 5.74) is 0. The summed E-state index contributed by atoms with van der Waals surface area (Å²) in [6, 6.07) is 1.28. The molecule has 0 aliphatic carbocycles. The molecule has 3 heterocycles. The number of amides is 1.